The van der Waals surface area contributed by atoms with Crippen LogP contribution in [0.4, 0.5) is 0 Å². The van der Waals surface area contributed by atoms with Gasteiger partial charge in [0.15, 0.2) is 5.16 Å². The summed E-state index contributed by atoms with van der Waals surface area (Å²) in [6, 6.07) is 8.21. The van der Waals surface area contributed by atoms with Gasteiger partial charge in [0, 0.05) is 10.6 Å². The molecular weight excluding hydrogens is 372 g/mol. The van der Waals surface area contributed by atoms with Crippen LogP contribution < -0.4 is 5.56 Å². The van der Waals surface area contributed by atoms with Crippen LogP contribution in [0, 0.1) is 6.92 Å². The van der Waals surface area contributed by atoms with E-state index in [0.717, 1.165) is 52.5 Å². The van der Waals surface area contributed by atoms with Crippen molar-refractivity contribution >= 4 is 33.3 Å². The summed E-state index contributed by atoms with van der Waals surface area (Å²) >= 11 is 3.44. The minimum atomic E-state index is 0.106. The molecule has 1 aliphatic carbocycles. The van der Waals surface area contributed by atoms with E-state index in [4.69, 9.17) is 4.98 Å². The highest BCUT2D eigenvalue weighted by molar-refractivity contribution is 7.99. The minimum absolute atomic E-state index is 0.106. The van der Waals surface area contributed by atoms with Crippen molar-refractivity contribution in [2.24, 2.45) is 0 Å². The second-order valence-corrected chi connectivity index (χ2v) is 9.63. The van der Waals surface area contributed by atoms with Gasteiger partial charge in [0.25, 0.3) is 5.56 Å². The van der Waals surface area contributed by atoms with Gasteiger partial charge in [-0.1, -0.05) is 49.7 Å². The molecule has 0 radical (unpaired) electrons. The lowest BCUT2D eigenvalue weighted by molar-refractivity contribution is 0.601. The number of thioether (sulfide) groups is 1. The number of rotatable bonds is 5. The fraction of sp³-hybridized carbons (Fsp3) is 0.455. The number of hydrogen-bond acceptors (Lipinski definition) is 4. The standard InChI is InChI=1S/C22H26N2OS2/c1-4-5-13-26-22-23-20-19(18-15(3)7-6-8-17(18)27-20)21(25)24(22)16-11-9-14(2)10-12-16/h9-12,15H,4-8,13H2,1-3H3/t15-/m1/s1. The zero-order valence-electron chi connectivity index (χ0n) is 16.2. The summed E-state index contributed by atoms with van der Waals surface area (Å²) in [7, 11) is 0. The van der Waals surface area contributed by atoms with Gasteiger partial charge in [0.1, 0.15) is 4.83 Å². The molecule has 0 bridgehead atoms. The van der Waals surface area contributed by atoms with E-state index in [1.54, 1.807) is 23.1 Å². The molecule has 0 N–H and O–H groups in total. The first-order valence-corrected chi connectivity index (χ1v) is 11.7. The molecule has 0 aliphatic heterocycles. The Kier molecular flexibility index (Phi) is 5.42. The number of aryl methyl sites for hydroxylation is 2. The van der Waals surface area contributed by atoms with E-state index in [-0.39, 0.29) is 5.56 Å². The second kappa shape index (κ2) is 7.80. The maximum absolute atomic E-state index is 13.7. The van der Waals surface area contributed by atoms with Crippen LogP contribution in [0.1, 0.15) is 61.5 Å². The Morgan fingerprint density at radius 3 is 2.81 bits per heavy atom. The fourth-order valence-corrected chi connectivity index (χ4v) is 6.32. The number of nitrogens with zero attached hydrogens (tertiary/aromatic N) is 2. The van der Waals surface area contributed by atoms with E-state index in [1.807, 2.05) is 16.7 Å². The van der Waals surface area contributed by atoms with E-state index in [2.05, 4.69) is 32.9 Å². The summed E-state index contributed by atoms with van der Waals surface area (Å²) < 4.78 is 1.84. The van der Waals surface area contributed by atoms with Gasteiger partial charge >= 0.3 is 0 Å². The van der Waals surface area contributed by atoms with E-state index >= 15 is 0 Å². The summed E-state index contributed by atoms with van der Waals surface area (Å²) in [6.07, 6.45) is 5.74. The molecule has 3 nitrogen and oxygen atoms in total. The molecule has 0 unspecified atom stereocenters. The average Bonchev–Trinajstić information content (AvgIpc) is 3.03. The van der Waals surface area contributed by atoms with Crippen LogP contribution >= 0.6 is 23.1 Å². The lowest BCUT2D eigenvalue weighted by atomic mass is 9.88. The summed E-state index contributed by atoms with van der Waals surface area (Å²) in [6.45, 7) is 6.52. The van der Waals surface area contributed by atoms with Crippen molar-refractivity contribution in [1.82, 2.24) is 9.55 Å². The van der Waals surface area contributed by atoms with Crippen LogP contribution in [0.25, 0.3) is 15.9 Å². The summed E-state index contributed by atoms with van der Waals surface area (Å²) in [4.78, 5) is 21.0. The van der Waals surface area contributed by atoms with E-state index in [0.29, 0.717) is 5.92 Å². The Hall–Kier alpha value is -1.59. The Balaban J connectivity index is 1.95. The zero-order chi connectivity index (χ0) is 19.0. The molecule has 0 saturated heterocycles. The van der Waals surface area contributed by atoms with Crippen LogP contribution in [-0.4, -0.2) is 15.3 Å². The topological polar surface area (TPSA) is 34.9 Å². The highest BCUT2D eigenvalue weighted by Crippen LogP contribution is 2.40. The molecule has 5 heteroatoms. The first-order valence-electron chi connectivity index (χ1n) is 9.88. The van der Waals surface area contributed by atoms with Crippen molar-refractivity contribution in [3.8, 4) is 5.69 Å². The summed E-state index contributed by atoms with van der Waals surface area (Å²) in [5.74, 6) is 1.43. The first-order chi connectivity index (χ1) is 13.1. The molecule has 1 atom stereocenters. The molecule has 27 heavy (non-hydrogen) atoms. The third kappa shape index (κ3) is 3.47. The third-order valence-corrected chi connectivity index (χ3v) is 7.55. The van der Waals surface area contributed by atoms with Gasteiger partial charge in [0.2, 0.25) is 0 Å². The van der Waals surface area contributed by atoms with Crippen molar-refractivity contribution in [3.63, 3.8) is 0 Å². The number of hydrogen-bond donors (Lipinski definition) is 0. The molecule has 142 valence electrons. The zero-order valence-corrected chi connectivity index (χ0v) is 17.9. The van der Waals surface area contributed by atoms with Gasteiger partial charge in [-0.05, 0) is 56.2 Å². The normalized spacial score (nSPS) is 16.6. The van der Waals surface area contributed by atoms with Crippen molar-refractivity contribution in [2.75, 3.05) is 5.75 Å². The maximum atomic E-state index is 13.7. The fourth-order valence-electron chi connectivity index (χ4n) is 3.84. The van der Waals surface area contributed by atoms with Gasteiger partial charge in [-0.15, -0.1) is 11.3 Å². The molecule has 1 aromatic carbocycles. The molecule has 0 saturated carbocycles. The minimum Gasteiger partial charge on any atom is -0.268 e. The number of unbranched alkanes of at least 4 members (excludes halogenated alkanes) is 1. The SMILES string of the molecule is CCCCSc1nc2sc3c(c2c(=O)n1-c1ccc(C)cc1)[C@H](C)CCC3. The second-order valence-electron chi connectivity index (χ2n) is 7.48. The van der Waals surface area contributed by atoms with Gasteiger partial charge in [-0.3, -0.25) is 9.36 Å². The van der Waals surface area contributed by atoms with Crippen LogP contribution in [-0.2, 0) is 6.42 Å². The van der Waals surface area contributed by atoms with Gasteiger partial charge in [-0.2, -0.15) is 0 Å². The predicted molar refractivity (Wildman–Crippen MR) is 117 cm³/mol. The smallest absolute Gasteiger partial charge is 0.267 e. The largest absolute Gasteiger partial charge is 0.268 e. The van der Waals surface area contributed by atoms with Crippen LogP contribution in [0.15, 0.2) is 34.2 Å². The third-order valence-electron chi connectivity index (χ3n) is 5.36. The number of fused-ring (bicyclic) bond motifs is 3. The van der Waals surface area contributed by atoms with Crippen LogP contribution in [0.3, 0.4) is 0 Å². The van der Waals surface area contributed by atoms with E-state index < -0.39 is 0 Å². The van der Waals surface area contributed by atoms with Gasteiger partial charge < -0.3 is 0 Å². The molecule has 0 amide bonds. The van der Waals surface area contributed by atoms with Crippen molar-refractivity contribution in [3.05, 3.63) is 50.6 Å². The van der Waals surface area contributed by atoms with Crippen LogP contribution in [0.5, 0.6) is 0 Å². The van der Waals surface area contributed by atoms with Crippen molar-refractivity contribution in [2.45, 2.75) is 63.9 Å². The number of thiophene rings is 1. The highest BCUT2D eigenvalue weighted by atomic mass is 32.2. The lowest BCUT2D eigenvalue weighted by Crippen LogP contribution is -2.22. The average molecular weight is 399 g/mol. The van der Waals surface area contributed by atoms with Gasteiger partial charge in [-0.25, -0.2) is 4.98 Å². The molecule has 1 aliphatic rings. The quantitative estimate of drug-likeness (QED) is 0.296. The van der Waals surface area contributed by atoms with E-state index in [1.165, 1.54) is 22.4 Å². The maximum Gasteiger partial charge on any atom is 0.267 e. The molecule has 4 rings (SSSR count). The molecule has 2 heterocycles. The summed E-state index contributed by atoms with van der Waals surface area (Å²) in [5.41, 5.74) is 3.49. The van der Waals surface area contributed by atoms with Crippen molar-refractivity contribution in [1.29, 1.82) is 0 Å². The van der Waals surface area contributed by atoms with Crippen molar-refractivity contribution < 1.29 is 0 Å². The Morgan fingerprint density at radius 2 is 2.07 bits per heavy atom. The van der Waals surface area contributed by atoms with Crippen LogP contribution in [0.2, 0.25) is 0 Å². The molecule has 2 aromatic heterocycles. The Bertz CT molecular complexity index is 1020. The predicted octanol–water partition coefficient (Wildman–Crippen LogP) is 6.09. The Labute approximate surface area is 168 Å². The first kappa shape index (κ1) is 18.8. The molecule has 3 aromatic rings. The lowest BCUT2D eigenvalue weighted by Gasteiger charge is -2.19. The van der Waals surface area contributed by atoms with E-state index in [9.17, 15) is 4.79 Å². The Morgan fingerprint density at radius 1 is 1.30 bits per heavy atom. The number of aromatic nitrogens is 2. The van der Waals surface area contributed by atoms with Gasteiger partial charge in [0.05, 0.1) is 11.1 Å². The monoisotopic (exact) mass is 398 g/mol. The molecular formula is C22H26N2OS2. The summed E-state index contributed by atoms with van der Waals surface area (Å²) in [5, 5.41) is 1.69. The number of benzene rings is 1. The molecule has 0 fully saturated rings. The highest BCUT2D eigenvalue weighted by Gasteiger charge is 2.26. The molecule has 0 spiro atoms.